The number of carbonyl (C=O) groups excluding carboxylic acids is 1. The molecule has 0 radical (unpaired) electrons. The van der Waals surface area contributed by atoms with Crippen molar-refractivity contribution in [1.82, 2.24) is 5.32 Å². The summed E-state index contributed by atoms with van der Waals surface area (Å²) in [5, 5.41) is 11.2. The summed E-state index contributed by atoms with van der Waals surface area (Å²) in [6.07, 6.45) is 1.89. The molecule has 4 N–H and O–H groups in total. The molecule has 0 spiro atoms. The van der Waals surface area contributed by atoms with Crippen LogP contribution < -0.4 is 11.2 Å². The van der Waals surface area contributed by atoms with E-state index in [0.29, 0.717) is 31.4 Å². The molecule has 90 valence electrons. The van der Waals surface area contributed by atoms with Crippen LogP contribution in [0.3, 0.4) is 0 Å². The molecule has 0 atom stereocenters. The van der Waals surface area contributed by atoms with Crippen LogP contribution in [0.4, 0.5) is 4.79 Å². The lowest BCUT2D eigenvalue weighted by Gasteiger charge is -2.27. The van der Waals surface area contributed by atoms with E-state index in [0.717, 1.165) is 0 Å². The number of hydrogen-bond acceptors (Lipinski definition) is 4. The van der Waals surface area contributed by atoms with Crippen LogP contribution in [0.5, 0.6) is 0 Å². The monoisotopic (exact) mass is 228 g/mol. The maximum absolute atomic E-state index is 10.8. The van der Waals surface area contributed by atoms with E-state index in [4.69, 9.17) is 5.11 Å². The molecule has 1 rings (SSSR count). The van der Waals surface area contributed by atoms with Gasteiger partial charge in [0.15, 0.2) is 0 Å². The number of carboxylic acid groups (broad SMARTS) is 1. The minimum atomic E-state index is -0.751. The molecule has 1 aliphatic carbocycles. The number of aliphatic carboxylic acids is 1. The Kier molecular flexibility index (Phi) is 4.30. The van der Waals surface area contributed by atoms with Crippen LogP contribution in [-0.2, 0) is 9.63 Å². The lowest BCUT2D eigenvalue weighted by atomic mass is 9.81. The highest BCUT2D eigenvalue weighted by Gasteiger charge is 2.27. The molecule has 1 fully saturated rings. The predicted octanol–water partition coefficient (Wildman–Crippen LogP) is 0.991. The van der Waals surface area contributed by atoms with Crippen molar-refractivity contribution < 1.29 is 19.5 Å². The van der Waals surface area contributed by atoms with Gasteiger partial charge in [0, 0.05) is 5.70 Å². The number of carboxylic acids is 1. The Labute approximate surface area is 93.4 Å². The summed E-state index contributed by atoms with van der Waals surface area (Å²) in [5.41, 5.74) is 0.541. The average molecular weight is 228 g/mol. The summed E-state index contributed by atoms with van der Waals surface area (Å²) in [6.45, 7) is 3.72. The topological polar surface area (TPSA) is 102 Å². The third-order valence-electron chi connectivity index (χ3n) is 2.94. The van der Waals surface area contributed by atoms with Gasteiger partial charge in [0.2, 0.25) is 0 Å². The van der Waals surface area contributed by atoms with Gasteiger partial charge < -0.3 is 9.94 Å². The van der Waals surface area contributed by atoms with Crippen LogP contribution in [0.25, 0.3) is 0 Å². The van der Waals surface area contributed by atoms with Crippen LogP contribution >= 0.6 is 0 Å². The Morgan fingerprint density at radius 2 is 1.75 bits per heavy atom. The summed E-state index contributed by atoms with van der Waals surface area (Å²) in [6, 6.07) is 0. The fraction of sp³-hybridized carbons (Fsp3) is 0.600. The van der Waals surface area contributed by atoms with Gasteiger partial charge >= 0.3 is 12.1 Å². The van der Waals surface area contributed by atoms with Crippen molar-refractivity contribution >= 4 is 12.1 Å². The molecule has 0 aromatic carbocycles. The van der Waals surface area contributed by atoms with Crippen molar-refractivity contribution in [3.05, 3.63) is 12.3 Å². The van der Waals surface area contributed by atoms with Crippen LogP contribution in [-0.4, -0.2) is 17.2 Å². The van der Waals surface area contributed by atoms with Crippen molar-refractivity contribution in [2.24, 2.45) is 17.7 Å². The van der Waals surface area contributed by atoms with Crippen LogP contribution in [0.2, 0.25) is 0 Å². The lowest BCUT2D eigenvalue weighted by Crippen LogP contribution is -2.31. The lowest BCUT2D eigenvalue weighted by molar-refractivity contribution is -0.143. The second kappa shape index (κ2) is 5.50. The van der Waals surface area contributed by atoms with Crippen LogP contribution in [0.15, 0.2) is 12.3 Å². The molecule has 0 heterocycles. The minimum absolute atomic E-state index is 0.106. The van der Waals surface area contributed by atoms with Gasteiger partial charge in [0.1, 0.15) is 0 Å². The number of allylic oxidation sites excluding steroid dienone is 1. The first-order valence-corrected chi connectivity index (χ1v) is 5.14. The summed E-state index contributed by atoms with van der Waals surface area (Å²) >= 11 is 0. The number of nitrogens with one attached hydrogen (secondary N) is 1. The Morgan fingerprint density at radius 1 is 1.25 bits per heavy atom. The standard InChI is InChI=1S/C10H16N2O4/c1-6(12-10(15)16-11)7-2-4-8(5-3-7)9(13)14/h7-8H,1-5,11H2,(H,12,15)(H,13,14). The van der Waals surface area contributed by atoms with Gasteiger partial charge in [-0.3, -0.25) is 10.1 Å². The summed E-state index contributed by atoms with van der Waals surface area (Å²) in [7, 11) is 0. The molecule has 6 nitrogen and oxygen atoms in total. The van der Waals surface area contributed by atoms with Crippen molar-refractivity contribution in [2.45, 2.75) is 25.7 Å². The Morgan fingerprint density at radius 3 is 2.19 bits per heavy atom. The fourth-order valence-corrected chi connectivity index (χ4v) is 1.95. The molecular formula is C10H16N2O4. The second-order valence-electron chi connectivity index (χ2n) is 3.94. The third-order valence-corrected chi connectivity index (χ3v) is 2.94. The highest BCUT2D eigenvalue weighted by atomic mass is 16.7. The normalized spacial score (nSPS) is 24.6. The maximum atomic E-state index is 10.8. The van der Waals surface area contributed by atoms with E-state index < -0.39 is 12.1 Å². The molecule has 0 aliphatic heterocycles. The molecule has 6 heteroatoms. The van der Waals surface area contributed by atoms with Gasteiger partial charge in [0.25, 0.3) is 0 Å². The average Bonchev–Trinajstić information content (AvgIpc) is 2.28. The Balaban J connectivity index is 2.38. The maximum Gasteiger partial charge on any atom is 0.430 e. The van der Waals surface area contributed by atoms with E-state index in [2.05, 4.69) is 22.6 Å². The van der Waals surface area contributed by atoms with Crippen LogP contribution in [0.1, 0.15) is 25.7 Å². The predicted molar refractivity (Wildman–Crippen MR) is 56.0 cm³/mol. The van der Waals surface area contributed by atoms with E-state index in [1.807, 2.05) is 0 Å². The van der Waals surface area contributed by atoms with Gasteiger partial charge in [-0.05, 0) is 31.6 Å². The number of hydrogen-bond donors (Lipinski definition) is 3. The fourth-order valence-electron chi connectivity index (χ4n) is 1.95. The summed E-state index contributed by atoms with van der Waals surface area (Å²) in [4.78, 5) is 25.5. The first-order chi connectivity index (χ1) is 7.54. The zero-order valence-corrected chi connectivity index (χ0v) is 8.94. The second-order valence-corrected chi connectivity index (χ2v) is 3.94. The van der Waals surface area contributed by atoms with Crippen molar-refractivity contribution in [3.63, 3.8) is 0 Å². The number of carbonyl (C=O) groups is 2. The van der Waals surface area contributed by atoms with E-state index in [-0.39, 0.29) is 11.8 Å². The minimum Gasteiger partial charge on any atom is -0.481 e. The molecular weight excluding hydrogens is 212 g/mol. The zero-order chi connectivity index (χ0) is 12.1. The third kappa shape index (κ3) is 3.23. The molecule has 0 aromatic rings. The van der Waals surface area contributed by atoms with E-state index >= 15 is 0 Å². The molecule has 0 bridgehead atoms. The zero-order valence-electron chi connectivity index (χ0n) is 8.94. The number of rotatable bonds is 3. The largest absolute Gasteiger partial charge is 0.481 e. The first kappa shape index (κ1) is 12.5. The van der Waals surface area contributed by atoms with Gasteiger partial charge in [-0.25, -0.2) is 4.79 Å². The molecule has 0 unspecified atom stereocenters. The van der Waals surface area contributed by atoms with Gasteiger partial charge in [-0.15, -0.1) is 0 Å². The molecule has 0 aromatic heterocycles. The first-order valence-electron chi connectivity index (χ1n) is 5.14. The molecule has 16 heavy (non-hydrogen) atoms. The van der Waals surface area contributed by atoms with Crippen molar-refractivity contribution in [1.29, 1.82) is 0 Å². The highest BCUT2D eigenvalue weighted by molar-refractivity contribution is 5.70. The summed E-state index contributed by atoms with van der Waals surface area (Å²) < 4.78 is 0. The SMILES string of the molecule is C=C(NC(=O)ON)C1CCC(C(=O)O)CC1. The smallest absolute Gasteiger partial charge is 0.430 e. The highest BCUT2D eigenvalue weighted by Crippen LogP contribution is 2.31. The quantitative estimate of drug-likeness (QED) is 0.625. The van der Waals surface area contributed by atoms with E-state index in [1.165, 1.54) is 0 Å². The number of amides is 1. The Bertz CT molecular complexity index is 295. The molecule has 1 saturated carbocycles. The Hall–Kier alpha value is -1.56. The molecule has 1 amide bonds. The van der Waals surface area contributed by atoms with Gasteiger partial charge in [0.05, 0.1) is 5.92 Å². The molecule has 1 aliphatic rings. The van der Waals surface area contributed by atoms with E-state index in [1.54, 1.807) is 0 Å². The van der Waals surface area contributed by atoms with Crippen LogP contribution in [0, 0.1) is 11.8 Å². The number of nitrogens with two attached hydrogens (primary N) is 1. The van der Waals surface area contributed by atoms with Crippen molar-refractivity contribution in [3.8, 4) is 0 Å². The van der Waals surface area contributed by atoms with E-state index in [9.17, 15) is 9.59 Å². The van der Waals surface area contributed by atoms with Crippen molar-refractivity contribution in [2.75, 3.05) is 0 Å². The van der Waals surface area contributed by atoms with Gasteiger partial charge in [-0.1, -0.05) is 6.58 Å². The molecule has 0 saturated heterocycles. The summed E-state index contributed by atoms with van der Waals surface area (Å²) in [5.74, 6) is 3.76. The van der Waals surface area contributed by atoms with Gasteiger partial charge in [-0.2, -0.15) is 5.90 Å².